The Labute approximate surface area is 162 Å². The van der Waals surface area contributed by atoms with Crippen LogP contribution >= 0.6 is 12.4 Å². The Morgan fingerprint density at radius 1 is 1.04 bits per heavy atom. The van der Waals surface area contributed by atoms with Crippen molar-refractivity contribution in [2.75, 3.05) is 13.7 Å². The minimum absolute atomic E-state index is 0. The van der Waals surface area contributed by atoms with Crippen LogP contribution in [-0.4, -0.2) is 29.6 Å². The molecular weight excluding hydrogens is 371 g/mol. The van der Waals surface area contributed by atoms with Gasteiger partial charge >= 0.3 is 0 Å². The van der Waals surface area contributed by atoms with E-state index in [2.05, 4.69) is 20.6 Å². The third-order valence-electron chi connectivity index (χ3n) is 3.48. The summed E-state index contributed by atoms with van der Waals surface area (Å²) in [5.74, 6) is 0.596. The first-order valence-electron chi connectivity index (χ1n) is 7.95. The van der Waals surface area contributed by atoms with E-state index in [1.165, 1.54) is 12.1 Å². The minimum Gasteiger partial charge on any atom is -0.457 e. The van der Waals surface area contributed by atoms with Crippen molar-refractivity contribution in [2.24, 2.45) is 0 Å². The minimum atomic E-state index is -0.350. The molecule has 8 heteroatoms. The van der Waals surface area contributed by atoms with Gasteiger partial charge in [-0.05, 0) is 61.6 Å². The smallest absolute Gasteiger partial charge is 0.290 e. The number of nitrogens with zero attached hydrogens (tertiary/aromatic N) is 2. The van der Waals surface area contributed by atoms with E-state index < -0.39 is 0 Å². The summed E-state index contributed by atoms with van der Waals surface area (Å²) in [6.45, 7) is 0.335. The maximum atomic E-state index is 12.9. The summed E-state index contributed by atoms with van der Waals surface area (Å²) in [6, 6.07) is 14.7. The lowest BCUT2D eigenvalue weighted by Crippen LogP contribution is -2.32. The molecule has 1 amide bonds. The molecule has 0 aliphatic heterocycles. The Balaban J connectivity index is 0.00000261. The molecule has 0 atom stereocenters. The van der Waals surface area contributed by atoms with Crippen molar-refractivity contribution in [3.05, 3.63) is 72.4 Å². The van der Waals surface area contributed by atoms with Gasteiger partial charge in [-0.15, -0.1) is 12.4 Å². The third-order valence-corrected chi connectivity index (χ3v) is 3.48. The Kier molecular flexibility index (Phi) is 7.22. The molecule has 2 aromatic carbocycles. The van der Waals surface area contributed by atoms with E-state index in [0.29, 0.717) is 23.9 Å². The molecule has 0 saturated carbocycles. The van der Waals surface area contributed by atoms with E-state index in [1.54, 1.807) is 43.6 Å². The Morgan fingerprint density at radius 3 is 2.30 bits per heavy atom. The molecule has 3 rings (SSSR count). The number of amides is 1. The van der Waals surface area contributed by atoms with Gasteiger partial charge in [-0.3, -0.25) is 4.79 Å². The Bertz CT molecular complexity index is 889. The summed E-state index contributed by atoms with van der Waals surface area (Å²) in [5.41, 5.74) is 1.45. The van der Waals surface area contributed by atoms with Gasteiger partial charge in [0.25, 0.3) is 5.91 Å². The molecule has 6 nitrogen and oxygen atoms in total. The van der Waals surface area contributed by atoms with E-state index in [-0.39, 0.29) is 30.0 Å². The number of halogens is 2. The molecule has 27 heavy (non-hydrogen) atoms. The molecule has 0 bridgehead atoms. The molecule has 0 aliphatic rings. The monoisotopic (exact) mass is 388 g/mol. The normalized spacial score (nSPS) is 10.0. The highest BCUT2D eigenvalue weighted by atomic mass is 35.5. The highest BCUT2D eigenvalue weighted by Crippen LogP contribution is 2.25. The lowest BCUT2D eigenvalue weighted by atomic mass is 10.1. The maximum absolute atomic E-state index is 12.9. The number of aromatic nitrogens is 2. The van der Waals surface area contributed by atoms with Crippen LogP contribution in [0.15, 0.2) is 60.8 Å². The molecule has 1 aromatic heterocycles. The number of carbonyl (C=O) groups is 1. The van der Waals surface area contributed by atoms with E-state index in [9.17, 15) is 9.18 Å². The number of rotatable bonds is 6. The van der Waals surface area contributed by atoms with Gasteiger partial charge in [0, 0.05) is 11.8 Å². The fraction of sp³-hybridized carbons (Fsp3) is 0.105. The molecule has 1 heterocycles. The van der Waals surface area contributed by atoms with Crippen LogP contribution in [0.5, 0.6) is 11.5 Å². The first-order chi connectivity index (χ1) is 12.7. The summed E-state index contributed by atoms with van der Waals surface area (Å²) in [7, 11) is 1.73. The number of carbonyl (C=O) groups excluding carboxylic acids is 1. The highest BCUT2D eigenvalue weighted by molar-refractivity contribution is 5.90. The SMILES string of the molecule is CNCNC(=O)c1nccc(-c2ccc(Oc3ccc(F)cc3)cc2)n1.Cl. The topological polar surface area (TPSA) is 76.1 Å². The summed E-state index contributed by atoms with van der Waals surface area (Å²) in [5, 5.41) is 5.47. The van der Waals surface area contributed by atoms with Gasteiger partial charge in [0.1, 0.15) is 17.3 Å². The zero-order valence-corrected chi connectivity index (χ0v) is 15.3. The summed E-state index contributed by atoms with van der Waals surface area (Å²) >= 11 is 0. The van der Waals surface area contributed by atoms with Gasteiger partial charge in [-0.25, -0.2) is 14.4 Å². The average molecular weight is 389 g/mol. The van der Waals surface area contributed by atoms with Gasteiger partial charge in [-0.2, -0.15) is 0 Å². The maximum Gasteiger partial charge on any atom is 0.290 e. The van der Waals surface area contributed by atoms with E-state index >= 15 is 0 Å². The van der Waals surface area contributed by atoms with Gasteiger partial charge in [0.2, 0.25) is 5.82 Å². The van der Waals surface area contributed by atoms with Crippen LogP contribution in [0, 0.1) is 5.82 Å². The van der Waals surface area contributed by atoms with E-state index in [1.807, 2.05) is 12.1 Å². The predicted molar refractivity (Wildman–Crippen MR) is 103 cm³/mol. The van der Waals surface area contributed by atoms with Crippen molar-refractivity contribution in [3.8, 4) is 22.8 Å². The second-order valence-corrected chi connectivity index (χ2v) is 5.38. The standard InChI is InChI=1S/C19H17FN4O2.ClH/c1-21-12-23-19(25)18-22-11-10-17(24-18)13-2-6-15(7-3-13)26-16-8-4-14(20)5-9-16;/h2-11,21H,12H2,1H3,(H,23,25);1H. The van der Waals surface area contributed by atoms with Crippen molar-refractivity contribution in [1.82, 2.24) is 20.6 Å². The number of hydrogen-bond acceptors (Lipinski definition) is 5. The lowest BCUT2D eigenvalue weighted by molar-refractivity contribution is 0.0941. The van der Waals surface area contributed by atoms with Crippen LogP contribution in [0.2, 0.25) is 0 Å². The first kappa shape index (κ1) is 20.3. The molecular formula is C19H18ClFN4O2. The largest absolute Gasteiger partial charge is 0.457 e. The molecule has 2 N–H and O–H groups in total. The molecule has 0 unspecified atom stereocenters. The zero-order valence-electron chi connectivity index (χ0n) is 14.5. The van der Waals surface area contributed by atoms with Crippen LogP contribution in [0.4, 0.5) is 4.39 Å². The molecule has 0 spiro atoms. The second-order valence-electron chi connectivity index (χ2n) is 5.38. The second kappa shape index (κ2) is 9.61. The van der Waals surface area contributed by atoms with Crippen molar-refractivity contribution < 1.29 is 13.9 Å². The Hall–Kier alpha value is -3.03. The molecule has 0 radical (unpaired) electrons. The quantitative estimate of drug-likeness (QED) is 0.633. The number of benzene rings is 2. The van der Waals surface area contributed by atoms with E-state index in [4.69, 9.17) is 4.74 Å². The highest BCUT2D eigenvalue weighted by Gasteiger charge is 2.10. The van der Waals surface area contributed by atoms with Gasteiger partial charge in [0.05, 0.1) is 12.4 Å². The van der Waals surface area contributed by atoms with Gasteiger partial charge in [0.15, 0.2) is 0 Å². The van der Waals surface area contributed by atoms with Crippen molar-refractivity contribution >= 4 is 18.3 Å². The molecule has 0 saturated heterocycles. The van der Waals surface area contributed by atoms with Crippen LogP contribution in [0.3, 0.4) is 0 Å². The zero-order chi connectivity index (χ0) is 18.4. The fourth-order valence-electron chi connectivity index (χ4n) is 2.21. The third kappa shape index (κ3) is 5.47. The molecule has 0 fully saturated rings. The van der Waals surface area contributed by atoms with Crippen LogP contribution in [-0.2, 0) is 0 Å². The number of nitrogens with one attached hydrogen (secondary N) is 2. The predicted octanol–water partition coefficient (Wildman–Crippen LogP) is 3.40. The molecule has 140 valence electrons. The van der Waals surface area contributed by atoms with Crippen molar-refractivity contribution in [1.29, 1.82) is 0 Å². The van der Waals surface area contributed by atoms with E-state index in [0.717, 1.165) is 5.56 Å². The Morgan fingerprint density at radius 2 is 1.67 bits per heavy atom. The van der Waals surface area contributed by atoms with Crippen LogP contribution < -0.4 is 15.4 Å². The van der Waals surface area contributed by atoms with Crippen LogP contribution in [0.25, 0.3) is 11.3 Å². The first-order valence-corrected chi connectivity index (χ1v) is 7.95. The lowest BCUT2D eigenvalue weighted by Gasteiger charge is -2.08. The average Bonchev–Trinajstić information content (AvgIpc) is 2.68. The summed E-state index contributed by atoms with van der Waals surface area (Å²) in [4.78, 5) is 20.2. The van der Waals surface area contributed by atoms with Crippen molar-refractivity contribution in [3.63, 3.8) is 0 Å². The molecule has 3 aromatic rings. The van der Waals surface area contributed by atoms with Gasteiger partial charge < -0.3 is 15.4 Å². The van der Waals surface area contributed by atoms with Crippen molar-refractivity contribution in [2.45, 2.75) is 0 Å². The summed E-state index contributed by atoms with van der Waals surface area (Å²) in [6.07, 6.45) is 1.54. The van der Waals surface area contributed by atoms with Gasteiger partial charge in [-0.1, -0.05) is 0 Å². The molecule has 0 aliphatic carbocycles. The number of hydrogen-bond donors (Lipinski definition) is 2. The number of ether oxygens (including phenoxy) is 1. The van der Waals surface area contributed by atoms with Crippen LogP contribution in [0.1, 0.15) is 10.6 Å². The summed E-state index contributed by atoms with van der Waals surface area (Å²) < 4.78 is 18.6. The fourth-order valence-corrected chi connectivity index (χ4v) is 2.21.